The summed E-state index contributed by atoms with van der Waals surface area (Å²) >= 11 is 0. The van der Waals surface area contributed by atoms with Crippen molar-refractivity contribution in [1.82, 2.24) is 15.1 Å². The Morgan fingerprint density at radius 3 is 2.38 bits per heavy atom. The Hall–Kier alpha value is -3.48. The smallest absolute Gasteiger partial charge is 0.255 e. The van der Waals surface area contributed by atoms with E-state index in [1.165, 1.54) is 0 Å². The van der Waals surface area contributed by atoms with Crippen molar-refractivity contribution in [2.45, 2.75) is 44.2 Å². The maximum Gasteiger partial charge on any atom is 0.255 e. The van der Waals surface area contributed by atoms with Gasteiger partial charge in [0.25, 0.3) is 11.8 Å². The number of rotatable bonds is 3. The number of nitrogens with zero attached hydrogens (tertiary/aromatic N) is 2. The van der Waals surface area contributed by atoms with Gasteiger partial charge in [0.2, 0.25) is 11.8 Å². The van der Waals surface area contributed by atoms with E-state index in [4.69, 9.17) is 0 Å². The minimum Gasteiger partial charge on any atom is -0.339 e. The molecule has 0 aliphatic carbocycles. The van der Waals surface area contributed by atoms with E-state index in [9.17, 15) is 19.2 Å². The third-order valence-corrected chi connectivity index (χ3v) is 6.86. The molecule has 3 aliphatic rings. The van der Waals surface area contributed by atoms with E-state index >= 15 is 0 Å². The summed E-state index contributed by atoms with van der Waals surface area (Å²) in [5.41, 5.74) is 3.47. The highest BCUT2D eigenvalue weighted by atomic mass is 16.2. The zero-order chi connectivity index (χ0) is 22.2. The van der Waals surface area contributed by atoms with Crippen LogP contribution in [0.1, 0.15) is 63.4 Å². The molecule has 0 aromatic heterocycles. The van der Waals surface area contributed by atoms with Crippen LogP contribution < -0.4 is 5.32 Å². The molecule has 1 atom stereocenters. The second kappa shape index (κ2) is 8.22. The lowest BCUT2D eigenvalue weighted by atomic mass is 9.85. The SMILES string of the molecule is O=C1CCC(N2Cc3c(cccc3C3CCN(C(=O)c4ccccc4)CC3)C2=O)C(=O)N1. The highest BCUT2D eigenvalue weighted by molar-refractivity contribution is 6.05. The predicted octanol–water partition coefficient (Wildman–Crippen LogP) is 2.47. The van der Waals surface area contributed by atoms with Crippen LogP contribution in [0.4, 0.5) is 0 Å². The molecule has 0 radical (unpaired) electrons. The molecule has 164 valence electrons. The third-order valence-electron chi connectivity index (χ3n) is 6.86. The summed E-state index contributed by atoms with van der Waals surface area (Å²) < 4.78 is 0. The van der Waals surface area contributed by atoms with Gasteiger partial charge in [-0.2, -0.15) is 0 Å². The summed E-state index contributed by atoms with van der Waals surface area (Å²) in [6.07, 6.45) is 2.28. The van der Waals surface area contributed by atoms with E-state index < -0.39 is 11.9 Å². The van der Waals surface area contributed by atoms with Gasteiger partial charge in [-0.1, -0.05) is 30.3 Å². The molecule has 7 nitrogen and oxygen atoms in total. The number of benzene rings is 2. The predicted molar refractivity (Wildman–Crippen MR) is 117 cm³/mol. The zero-order valence-electron chi connectivity index (χ0n) is 17.8. The maximum absolute atomic E-state index is 13.1. The number of carbonyl (C=O) groups is 4. The number of imide groups is 1. The molecule has 4 amide bonds. The van der Waals surface area contributed by atoms with Crippen molar-refractivity contribution in [1.29, 1.82) is 0 Å². The fourth-order valence-electron chi connectivity index (χ4n) is 5.15. The molecule has 2 aromatic rings. The molecule has 1 unspecified atom stereocenters. The highest BCUT2D eigenvalue weighted by Gasteiger charge is 2.40. The maximum atomic E-state index is 13.1. The summed E-state index contributed by atoms with van der Waals surface area (Å²) in [6.45, 7) is 1.74. The molecule has 2 saturated heterocycles. The van der Waals surface area contributed by atoms with E-state index in [0.717, 1.165) is 24.0 Å². The Morgan fingerprint density at radius 2 is 1.66 bits per heavy atom. The number of nitrogens with one attached hydrogen (secondary N) is 1. The van der Waals surface area contributed by atoms with Crippen LogP contribution in [0.2, 0.25) is 0 Å². The van der Waals surface area contributed by atoms with Gasteiger partial charge in [-0.3, -0.25) is 24.5 Å². The van der Waals surface area contributed by atoms with E-state index in [1.807, 2.05) is 47.4 Å². The number of likely N-dealkylation sites (tertiary alicyclic amines) is 1. The molecular weight excluding hydrogens is 406 g/mol. The molecule has 7 heteroatoms. The number of piperidine rings is 2. The molecule has 5 rings (SSSR count). The lowest BCUT2D eigenvalue weighted by Crippen LogP contribution is -2.52. The molecule has 32 heavy (non-hydrogen) atoms. The number of fused-ring (bicyclic) bond motifs is 1. The second-order valence-electron chi connectivity index (χ2n) is 8.71. The van der Waals surface area contributed by atoms with Gasteiger partial charge in [-0.15, -0.1) is 0 Å². The van der Waals surface area contributed by atoms with Crippen LogP contribution in [0.3, 0.4) is 0 Å². The first-order chi connectivity index (χ1) is 15.5. The summed E-state index contributed by atoms with van der Waals surface area (Å²) in [5.74, 6) is -0.501. The zero-order valence-corrected chi connectivity index (χ0v) is 17.8. The fraction of sp³-hybridized carbons (Fsp3) is 0.360. The highest BCUT2D eigenvalue weighted by Crippen LogP contribution is 2.37. The molecular formula is C25H25N3O4. The molecule has 0 spiro atoms. The van der Waals surface area contributed by atoms with Crippen LogP contribution in [-0.4, -0.2) is 52.6 Å². The van der Waals surface area contributed by atoms with Gasteiger partial charge in [-0.05, 0) is 54.5 Å². The Kier molecular flexibility index (Phi) is 5.25. The largest absolute Gasteiger partial charge is 0.339 e. The number of hydrogen-bond acceptors (Lipinski definition) is 4. The van der Waals surface area contributed by atoms with Gasteiger partial charge in [0, 0.05) is 37.2 Å². The van der Waals surface area contributed by atoms with Gasteiger partial charge < -0.3 is 9.80 Å². The summed E-state index contributed by atoms with van der Waals surface area (Å²) in [6, 6.07) is 14.5. The average Bonchev–Trinajstić information content (AvgIpc) is 3.16. The minimum atomic E-state index is -0.606. The van der Waals surface area contributed by atoms with Crippen molar-refractivity contribution in [3.05, 3.63) is 70.8 Å². The normalized spacial score (nSPS) is 21.5. The first-order valence-electron chi connectivity index (χ1n) is 11.1. The van der Waals surface area contributed by atoms with Crippen molar-refractivity contribution >= 4 is 23.6 Å². The summed E-state index contributed by atoms with van der Waals surface area (Å²) in [4.78, 5) is 53.1. The van der Waals surface area contributed by atoms with Gasteiger partial charge in [0.15, 0.2) is 0 Å². The van der Waals surface area contributed by atoms with Crippen LogP contribution in [0.15, 0.2) is 48.5 Å². The Balaban J connectivity index is 1.31. The van der Waals surface area contributed by atoms with E-state index in [-0.39, 0.29) is 30.1 Å². The molecule has 0 bridgehead atoms. The lowest BCUT2D eigenvalue weighted by Gasteiger charge is -2.33. The summed E-state index contributed by atoms with van der Waals surface area (Å²) in [7, 11) is 0. The average molecular weight is 431 g/mol. The van der Waals surface area contributed by atoms with Crippen LogP contribution in [-0.2, 0) is 16.1 Å². The van der Waals surface area contributed by atoms with Crippen LogP contribution in [0.25, 0.3) is 0 Å². The molecule has 0 saturated carbocycles. The van der Waals surface area contributed by atoms with Gasteiger partial charge >= 0.3 is 0 Å². The molecule has 3 heterocycles. The molecule has 2 fully saturated rings. The fourth-order valence-corrected chi connectivity index (χ4v) is 5.15. The molecule has 3 aliphatic heterocycles. The van der Waals surface area contributed by atoms with E-state index in [2.05, 4.69) is 11.4 Å². The van der Waals surface area contributed by atoms with E-state index in [1.54, 1.807) is 4.90 Å². The Labute approximate surface area is 186 Å². The van der Waals surface area contributed by atoms with Crippen molar-refractivity contribution < 1.29 is 19.2 Å². The summed E-state index contributed by atoms with van der Waals surface area (Å²) in [5, 5.41) is 2.35. The van der Waals surface area contributed by atoms with Crippen LogP contribution in [0.5, 0.6) is 0 Å². The van der Waals surface area contributed by atoms with Crippen molar-refractivity contribution in [2.75, 3.05) is 13.1 Å². The first-order valence-corrected chi connectivity index (χ1v) is 11.1. The quantitative estimate of drug-likeness (QED) is 0.757. The van der Waals surface area contributed by atoms with Gasteiger partial charge in [0.1, 0.15) is 6.04 Å². The number of carbonyl (C=O) groups excluding carboxylic acids is 4. The molecule has 1 N–H and O–H groups in total. The molecule has 2 aromatic carbocycles. The first kappa shape index (κ1) is 20.4. The van der Waals surface area contributed by atoms with Crippen LogP contribution >= 0.6 is 0 Å². The van der Waals surface area contributed by atoms with Crippen molar-refractivity contribution in [2.24, 2.45) is 0 Å². The van der Waals surface area contributed by atoms with Crippen LogP contribution in [0, 0.1) is 0 Å². The van der Waals surface area contributed by atoms with Gasteiger partial charge in [0.05, 0.1) is 0 Å². The number of hydrogen-bond donors (Lipinski definition) is 1. The second-order valence-corrected chi connectivity index (χ2v) is 8.71. The van der Waals surface area contributed by atoms with Crippen molar-refractivity contribution in [3.63, 3.8) is 0 Å². The third kappa shape index (κ3) is 3.57. The topological polar surface area (TPSA) is 86.8 Å². The lowest BCUT2D eigenvalue weighted by molar-refractivity contribution is -0.136. The van der Waals surface area contributed by atoms with Gasteiger partial charge in [-0.25, -0.2) is 0 Å². The van der Waals surface area contributed by atoms with Crippen molar-refractivity contribution in [3.8, 4) is 0 Å². The minimum absolute atomic E-state index is 0.0570. The monoisotopic (exact) mass is 431 g/mol. The van der Waals surface area contributed by atoms with E-state index in [0.29, 0.717) is 37.2 Å². The Morgan fingerprint density at radius 1 is 0.906 bits per heavy atom. The Bertz CT molecular complexity index is 1090. The standard InChI is InChI=1S/C25H25N3O4/c29-22-10-9-21(23(30)26-22)28-15-20-18(7-4-8-19(20)25(28)32)16-11-13-27(14-12-16)24(31)17-5-2-1-3-6-17/h1-8,16,21H,9-15H2,(H,26,29,30). The number of amides is 4.